The zero-order valence-corrected chi connectivity index (χ0v) is 9.91. The van der Waals surface area contributed by atoms with Gasteiger partial charge in [0, 0.05) is 4.88 Å². The van der Waals surface area contributed by atoms with Crippen molar-refractivity contribution in [2.24, 2.45) is 0 Å². The summed E-state index contributed by atoms with van der Waals surface area (Å²) in [5, 5.41) is 11.8. The van der Waals surface area contributed by atoms with Crippen LogP contribution in [0.1, 0.15) is 16.5 Å². The molecule has 0 bridgehead atoms. The Morgan fingerprint density at radius 2 is 2.06 bits per heavy atom. The number of aliphatic hydroxyl groups is 1. The van der Waals surface area contributed by atoms with E-state index in [1.54, 1.807) is 11.3 Å². The summed E-state index contributed by atoms with van der Waals surface area (Å²) >= 11 is 1.54. The summed E-state index contributed by atoms with van der Waals surface area (Å²) in [6.45, 7) is 2.29. The molecule has 1 aromatic carbocycles. The fourth-order valence-corrected chi connectivity index (χ4v) is 2.15. The summed E-state index contributed by atoms with van der Waals surface area (Å²) in [6, 6.07) is 11.6. The zero-order valence-electron chi connectivity index (χ0n) is 9.09. The molecule has 0 saturated carbocycles. The van der Waals surface area contributed by atoms with Gasteiger partial charge in [0.2, 0.25) is 0 Å². The first-order valence-corrected chi connectivity index (χ1v) is 6.05. The normalized spacial score (nSPS) is 12.4. The summed E-state index contributed by atoms with van der Waals surface area (Å²) in [5.41, 5.74) is 1.08. The van der Waals surface area contributed by atoms with Crippen LogP contribution in [-0.2, 0) is 0 Å². The van der Waals surface area contributed by atoms with Crippen molar-refractivity contribution in [3.63, 3.8) is 0 Å². The van der Waals surface area contributed by atoms with Crippen molar-refractivity contribution in [1.29, 1.82) is 0 Å². The van der Waals surface area contributed by atoms with E-state index in [-0.39, 0.29) is 0 Å². The van der Waals surface area contributed by atoms with Crippen LogP contribution in [0.4, 0.5) is 0 Å². The summed E-state index contributed by atoms with van der Waals surface area (Å²) in [7, 11) is 0. The molecule has 0 amide bonds. The Hall–Kier alpha value is -1.32. The van der Waals surface area contributed by atoms with Crippen molar-refractivity contribution in [2.45, 2.75) is 13.0 Å². The van der Waals surface area contributed by atoms with Crippen molar-refractivity contribution < 1.29 is 9.84 Å². The fourth-order valence-electron chi connectivity index (χ4n) is 1.45. The molecular formula is C13H14O2S. The maximum atomic E-state index is 9.85. The number of hydrogen-bond donors (Lipinski definition) is 1. The van der Waals surface area contributed by atoms with Crippen LogP contribution in [0.2, 0.25) is 0 Å². The number of hydrogen-bond acceptors (Lipinski definition) is 3. The maximum Gasteiger partial charge on any atom is 0.122 e. The van der Waals surface area contributed by atoms with E-state index in [2.05, 4.69) is 0 Å². The van der Waals surface area contributed by atoms with E-state index in [4.69, 9.17) is 4.74 Å². The molecule has 2 nitrogen and oxygen atoms in total. The van der Waals surface area contributed by atoms with E-state index in [1.807, 2.05) is 48.7 Å². The Balaban J connectivity index is 1.95. The summed E-state index contributed by atoms with van der Waals surface area (Å²) < 4.78 is 5.58. The SMILES string of the molecule is Cc1ccccc1OCC(O)c1cccs1. The molecule has 0 aliphatic carbocycles. The molecule has 2 rings (SSSR count). The van der Waals surface area contributed by atoms with Gasteiger partial charge >= 0.3 is 0 Å². The Morgan fingerprint density at radius 1 is 1.25 bits per heavy atom. The van der Waals surface area contributed by atoms with E-state index < -0.39 is 6.10 Å². The first kappa shape index (κ1) is 11.2. The minimum absolute atomic E-state index is 0.297. The predicted molar refractivity (Wildman–Crippen MR) is 66.0 cm³/mol. The number of para-hydroxylation sites is 1. The lowest BCUT2D eigenvalue weighted by Gasteiger charge is -2.12. The minimum atomic E-state index is -0.542. The molecule has 1 heterocycles. The zero-order chi connectivity index (χ0) is 11.4. The molecule has 3 heteroatoms. The number of rotatable bonds is 4. The smallest absolute Gasteiger partial charge is 0.122 e. The lowest BCUT2D eigenvalue weighted by Crippen LogP contribution is -2.08. The van der Waals surface area contributed by atoms with Gasteiger partial charge in [0.1, 0.15) is 18.5 Å². The highest BCUT2D eigenvalue weighted by Crippen LogP contribution is 2.22. The molecular weight excluding hydrogens is 220 g/mol. The van der Waals surface area contributed by atoms with Gasteiger partial charge in [0.15, 0.2) is 0 Å². The second-order valence-corrected chi connectivity index (χ2v) is 4.59. The van der Waals surface area contributed by atoms with Crippen LogP contribution in [0.15, 0.2) is 41.8 Å². The molecule has 0 aliphatic heterocycles. The number of thiophene rings is 1. The maximum absolute atomic E-state index is 9.85. The first-order chi connectivity index (χ1) is 7.77. The average Bonchev–Trinajstić information content (AvgIpc) is 2.81. The lowest BCUT2D eigenvalue weighted by atomic mass is 10.2. The summed E-state index contributed by atoms with van der Waals surface area (Å²) in [6.07, 6.45) is -0.542. The number of ether oxygens (including phenoxy) is 1. The molecule has 1 unspecified atom stereocenters. The molecule has 1 atom stereocenters. The molecule has 0 fully saturated rings. The van der Waals surface area contributed by atoms with Gasteiger partial charge in [0.25, 0.3) is 0 Å². The van der Waals surface area contributed by atoms with Crippen LogP contribution in [0.3, 0.4) is 0 Å². The van der Waals surface area contributed by atoms with Gasteiger partial charge in [-0.2, -0.15) is 0 Å². The average molecular weight is 234 g/mol. The molecule has 1 aromatic heterocycles. The van der Waals surface area contributed by atoms with Gasteiger partial charge in [0.05, 0.1) is 0 Å². The van der Waals surface area contributed by atoms with Crippen molar-refractivity contribution in [2.75, 3.05) is 6.61 Å². The van der Waals surface area contributed by atoms with E-state index in [0.717, 1.165) is 16.2 Å². The third-order valence-corrected chi connectivity index (χ3v) is 3.34. The number of aliphatic hydroxyl groups excluding tert-OH is 1. The van der Waals surface area contributed by atoms with Crippen molar-refractivity contribution in [3.8, 4) is 5.75 Å². The van der Waals surface area contributed by atoms with Crippen molar-refractivity contribution in [3.05, 3.63) is 52.2 Å². The van der Waals surface area contributed by atoms with E-state index >= 15 is 0 Å². The van der Waals surface area contributed by atoms with Crippen LogP contribution >= 0.6 is 11.3 Å². The van der Waals surface area contributed by atoms with Gasteiger partial charge in [-0.05, 0) is 30.0 Å². The van der Waals surface area contributed by atoms with Crippen molar-refractivity contribution in [1.82, 2.24) is 0 Å². The molecule has 0 spiro atoms. The number of aryl methyl sites for hydroxylation is 1. The predicted octanol–water partition coefficient (Wildman–Crippen LogP) is 3.17. The van der Waals surface area contributed by atoms with Crippen LogP contribution in [0.5, 0.6) is 5.75 Å². The van der Waals surface area contributed by atoms with Crippen LogP contribution in [0.25, 0.3) is 0 Å². The van der Waals surface area contributed by atoms with Gasteiger partial charge in [-0.25, -0.2) is 0 Å². The summed E-state index contributed by atoms with van der Waals surface area (Å²) in [4.78, 5) is 0.939. The van der Waals surface area contributed by atoms with Gasteiger partial charge in [-0.1, -0.05) is 24.3 Å². The van der Waals surface area contributed by atoms with Crippen LogP contribution in [0, 0.1) is 6.92 Å². The second-order valence-electron chi connectivity index (χ2n) is 3.61. The van der Waals surface area contributed by atoms with Crippen LogP contribution in [-0.4, -0.2) is 11.7 Å². The highest BCUT2D eigenvalue weighted by molar-refractivity contribution is 7.10. The van der Waals surface area contributed by atoms with Crippen LogP contribution < -0.4 is 4.74 Å². The lowest BCUT2D eigenvalue weighted by molar-refractivity contribution is 0.110. The third kappa shape index (κ3) is 2.62. The quantitative estimate of drug-likeness (QED) is 0.880. The molecule has 84 valence electrons. The fraction of sp³-hybridized carbons (Fsp3) is 0.231. The Labute approximate surface area is 99.1 Å². The molecule has 0 radical (unpaired) electrons. The van der Waals surface area contributed by atoms with Gasteiger partial charge in [-0.3, -0.25) is 0 Å². The third-order valence-electron chi connectivity index (χ3n) is 2.36. The van der Waals surface area contributed by atoms with E-state index in [1.165, 1.54) is 0 Å². The standard InChI is InChI=1S/C13H14O2S/c1-10-5-2-3-6-12(10)15-9-11(14)13-7-4-8-16-13/h2-8,11,14H,9H2,1H3. The molecule has 16 heavy (non-hydrogen) atoms. The topological polar surface area (TPSA) is 29.5 Å². The molecule has 0 aliphatic rings. The molecule has 2 aromatic rings. The number of benzene rings is 1. The van der Waals surface area contributed by atoms with Gasteiger partial charge in [-0.15, -0.1) is 11.3 Å². The second kappa shape index (κ2) is 5.14. The highest BCUT2D eigenvalue weighted by atomic mass is 32.1. The summed E-state index contributed by atoms with van der Waals surface area (Å²) in [5.74, 6) is 0.832. The minimum Gasteiger partial charge on any atom is -0.490 e. The Morgan fingerprint density at radius 3 is 2.75 bits per heavy atom. The highest BCUT2D eigenvalue weighted by Gasteiger charge is 2.09. The van der Waals surface area contributed by atoms with E-state index in [0.29, 0.717) is 6.61 Å². The monoisotopic (exact) mass is 234 g/mol. The Kier molecular flexibility index (Phi) is 3.59. The molecule has 1 N–H and O–H groups in total. The largest absolute Gasteiger partial charge is 0.490 e. The first-order valence-electron chi connectivity index (χ1n) is 5.17. The van der Waals surface area contributed by atoms with Gasteiger partial charge < -0.3 is 9.84 Å². The van der Waals surface area contributed by atoms with E-state index in [9.17, 15) is 5.11 Å². The molecule has 0 saturated heterocycles. The Bertz CT molecular complexity index is 437. The van der Waals surface area contributed by atoms with Crippen molar-refractivity contribution >= 4 is 11.3 Å².